The first-order chi connectivity index (χ1) is 12.9. The summed E-state index contributed by atoms with van der Waals surface area (Å²) in [4.78, 5) is 0. The highest BCUT2D eigenvalue weighted by Crippen LogP contribution is 2.36. The zero-order valence-electron chi connectivity index (χ0n) is 16.2. The number of hydrogen-bond donors (Lipinski definition) is 1. The van der Waals surface area contributed by atoms with Gasteiger partial charge in [-0.25, -0.2) is 0 Å². The molecule has 0 fully saturated rings. The largest absolute Gasteiger partial charge is 0.399 e. The Morgan fingerprint density at radius 1 is 0.556 bits per heavy atom. The van der Waals surface area contributed by atoms with Gasteiger partial charge in [0.1, 0.15) is 0 Å². The maximum absolute atomic E-state index is 5.86. The van der Waals surface area contributed by atoms with Crippen molar-refractivity contribution in [1.82, 2.24) is 0 Å². The van der Waals surface area contributed by atoms with Crippen molar-refractivity contribution in [3.63, 3.8) is 0 Å². The Bertz CT molecular complexity index is 1080. The monoisotopic (exact) mass is 351 g/mol. The van der Waals surface area contributed by atoms with E-state index in [2.05, 4.69) is 93.6 Å². The summed E-state index contributed by atoms with van der Waals surface area (Å²) in [6.45, 7) is 6.75. The highest BCUT2D eigenvalue weighted by molar-refractivity contribution is 6.04. The lowest BCUT2D eigenvalue weighted by Crippen LogP contribution is -2.10. The van der Waals surface area contributed by atoms with Crippen LogP contribution in [0.2, 0.25) is 0 Å². The smallest absolute Gasteiger partial charge is 0.0314 e. The Balaban J connectivity index is 1.86. The normalized spacial score (nSPS) is 11.7. The second-order valence-corrected chi connectivity index (χ2v) is 8.16. The van der Waals surface area contributed by atoms with Gasteiger partial charge in [0.05, 0.1) is 0 Å². The predicted molar refractivity (Wildman–Crippen MR) is 118 cm³/mol. The van der Waals surface area contributed by atoms with Crippen molar-refractivity contribution in [2.45, 2.75) is 26.2 Å². The lowest BCUT2D eigenvalue weighted by molar-refractivity contribution is 0.590. The van der Waals surface area contributed by atoms with Crippen molar-refractivity contribution < 1.29 is 0 Å². The van der Waals surface area contributed by atoms with Gasteiger partial charge in [-0.15, -0.1) is 0 Å². The number of hydrogen-bond acceptors (Lipinski definition) is 1. The topological polar surface area (TPSA) is 26.0 Å². The van der Waals surface area contributed by atoms with Gasteiger partial charge in [0.15, 0.2) is 0 Å². The summed E-state index contributed by atoms with van der Waals surface area (Å²) < 4.78 is 0. The number of fused-ring (bicyclic) bond motifs is 1. The Morgan fingerprint density at radius 3 is 1.44 bits per heavy atom. The van der Waals surface area contributed by atoms with Crippen molar-refractivity contribution in [1.29, 1.82) is 0 Å². The predicted octanol–water partition coefficient (Wildman–Crippen LogP) is 7.05. The minimum Gasteiger partial charge on any atom is -0.399 e. The van der Waals surface area contributed by atoms with Crippen LogP contribution in [-0.2, 0) is 5.41 Å². The summed E-state index contributed by atoms with van der Waals surface area (Å²) in [6.07, 6.45) is 0. The van der Waals surface area contributed by atoms with E-state index in [9.17, 15) is 0 Å². The van der Waals surface area contributed by atoms with Crippen LogP contribution >= 0.6 is 0 Å². The molecule has 4 rings (SSSR count). The molecule has 0 amide bonds. The fraction of sp³-hybridized carbons (Fsp3) is 0.154. The average Bonchev–Trinajstić information content (AvgIpc) is 2.67. The molecule has 0 atom stereocenters. The van der Waals surface area contributed by atoms with Gasteiger partial charge in [0, 0.05) is 5.69 Å². The van der Waals surface area contributed by atoms with Crippen LogP contribution in [0.4, 0.5) is 5.69 Å². The van der Waals surface area contributed by atoms with Crippen LogP contribution in [-0.4, -0.2) is 0 Å². The number of nitrogens with two attached hydrogens (primary N) is 1. The Kier molecular flexibility index (Phi) is 4.24. The zero-order valence-corrected chi connectivity index (χ0v) is 16.2. The van der Waals surface area contributed by atoms with E-state index < -0.39 is 0 Å². The molecule has 0 unspecified atom stereocenters. The lowest BCUT2D eigenvalue weighted by atomic mass is 9.85. The molecular formula is C26H25N. The Labute approximate surface area is 161 Å². The maximum atomic E-state index is 5.86. The molecule has 0 saturated carbocycles. The van der Waals surface area contributed by atoms with Gasteiger partial charge >= 0.3 is 0 Å². The summed E-state index contributed by atoms with van der Waals surface area (Å²) in [5, 5.41) is 2.54. The molecule has 0 aliphatic rings. The second kappa shape index (κ2) is 6.59. The van der Waals surface area contributed by atoms with Crippen LogP contribution in [0.5, 0.6) is 0 Å². The molecule has 4 aromatic carbocycles. The van der Waals surface area contributed by atoms with Gasteiger partial charge in [-0.05, 0) is 56.1 Å². The van der Waals surface area contributed by atoms with Crippen LogP contribution in [0.1, 0.15) is 26.3 Å². The molecular weight excluding hydrogens is 326 g/mol. The molecule has 4 aromatic rings. The summed E-state index contributed by atoms with van der Waals surface area (Å²) in [5.74, 6) is 0. The zero-order chi connectivity index (χ0) is 19.0. The molecule has 27 heavy (non-hydrogen) atoms. The van der Waals surface area contributed by atoms with E-state index >= 15 is 0 Å². The first-order valence-electron chi connectivity index (χ1n) is 9.42. The van der Waals surface area contributed by atoms with Gasteiger partial charge in [0.2, 0.25) is 0 Å². The van der Waals surface area contributed by atoms with Crippen LogP contribution in [0.25, 0.3) is 33.0 Å². The highest BCUT2D eigenvalue weighted by atomic mass is 14.5. The van der Waals surface area contributed by atoms with E-state index in [4.69, 9.17) is 5.73 Å². The van der Waals surface area contributed by atoms with Crippen LogP contribution in [0, 0.1) is 0 Å². The van der Waals surface area contributed by atoms with Crippen molar-refractivity contribution >= 4 is 16.5 Å². The number of rotatable bonds is 2. The number of anilines is 1. The average molecular weight is 351 g/mol. The maximum Gasteiger partial charge on any atom is 0.0314 e. The third-order valence-electron chi connectivity index (χ3n) is 5.21. The quantitative estimate of drug-likeness (QED) is 0.385. The summed E-state index contributed by atoms with van der Waals surface area (Å²) >= 11 is 0. The van der Waals surface area contributed by atoms with E-state index in [0.29, 0.717) is 0 Å². The van der Waals surface area contributed by atoms with Gasteiger partial charge in [-0.1, -0.05) is 93.6 Å². The number of nitrogen functional groups attached to an aromatic ring is 1. The Hall–Kier alpha value is -3.06. The van der Waals surface area contributed by atoms with Crippen molar-refractivity contribution in [2.75, 3.05) is 5.73 Å². The van der Waals surface area contributed by atoms with Crippen LogP contribution < -0.4 is 5.73 Å². The molecule has 0 spiro atoms. The molecule has 0 bridgehead atoms. The summed E-state index contributed by atoms with van der Waals surface area (Å²) in [5.41, 5.74) is 13.1. The third kappa shape index (κ3) is 3.33. The molecule has 2 N–H and O–H groups in total. The fourth-order valence-corrected chi connectivity index (χ4v) is 3.61. The van der Waals surface area contributed by atoms with E-state index in [-0.39, 0.29) is 5.41 Å². The van der Waals surface area contributed by atoms with Gasteiger partial charge < -0.3 is 5.73 Å². The van der Waals surface area contributed by atoms with Gasteiger partial charge in [-0.3, -0.25) is 0 Å². The highest BCUT2D eigenvalue weighted by Gasteiger charge is 2.14. The molecule has 0 saturated heterocycles. The minimum atomic E-state index is 0.166. The molecule has 0 aliphatic carbocycles. The van der Waals surface area contributed by atoms with Crippen LogP contribution in [0.3, 0.4) is 0 Å². The summed E-state index contributed by atoms with van der Waals surface area (Å²) in [6, 6.07) is 30.2. The molecule has 0 radical (unpaired) electrons. The lowest BCUT2D eigenvalue weighted by Gasteiger charge is -2.19. The number of benzene rings is 4. The molecule has 1 heteroatoms. The van der Waals surface area contributed by atoms with E-state index in [1.165, 1.54) is 38.6 Å². The Morgan fingerprint density at radius 2 is 1.00 bits per heavy atom. The minimum absolute atomic E-state index is 0.166. The van der Waals surface area contributed by atoms with Crippen molar-refractivity contribution in [3.8, 4) is 22.3 Å². The van der Waals surface area contributed by atoms with E-state index in [1.807, 2.05) is 12.1 Å². The van der Waals surface area contributed by atoms with E-state index in [1.54, 1.807) is 0 Å². The third-order valence-corrected chi connectivity index (χ3v) is 5.21. The first kappa shape index (κ1) is 17.4. The fourth-order valence-electron chi connectivity index (χ4n) is 3.61. The molecule has 0 aromatic heterocycles. The molecule has 0 aliphatic heterocycles. The van der Waals surface area contributed by atoms with Gasteiger partial charge in [-0.2, -0.15) is 0 Å². The van der Waals surface area contributed by atoms with Crippen LogP contribution in [0.15, 0.2) is 84.9 Å². The molecule has 134 valence electrons. The van der Waals surface area contributed by atoms with Crippen molar-refractivity contribution in [2.24, 2.45) is 0 Å². The first-order valence-corrected chi connectivity index (χ1v) is 9.42. The standard InChI is InChI=1S/C26H25N/c1-26(2,3)20-12-8-18(9-13-20)22-16-17-23(19-10-14-21(27)15-11-19)25-7-5-4-6-24(22)25/h4-17H,27H2,1-3H3. The summed E-state index contributed by atoms with van der Waals surface area (Å²) in [7, 11) is 0. The SMILES string of the molecule is CC(C)(C)c1ccc(-c2ccc(-c3ccc(N)cc3)c3ccccc23)cc1. The van der Waals surface area contributed by atoms with Gasteiger partial charge in [0.25, 0.3) is 0 Å². The molecule has 0 heterocycles. The van der Waals surface area contributed by atoms with E-state index in [0.717, 1.165) is 5.69 Å². The molecule has 1 nitrogen and oxygen atoms in total. The second-order valence-electron chi connectivity index (χ2n) is 8.16. The van der Waals surface area contributed by atoms with Crippen molar-refractivity contribution in [3.05, 3.63) is 90.5 Å².